The Kier molecular flexibility index (Phi) is 6.13. The van der Waals surface area contributed by atoms with E-state index in [1.54, 1.807) is 24.3 Å². The number of benzene rings is 2. The molecule has 3 rings (SSSR count). The Balaban J connectivity index is 1.46. The van der Waals surface area contributed by atoms with Crippen molar-refractivity contribution in [1.29, 1.82) is 0 Å². The van der Waals surface area contributed by atoms with Crippen LogP contribution < -0.4 is 9.62 Å². The van der Waals surface area contributed by atoms with Crippen LogP contribution in [0.2, 0.25) is 0 Å². The van der Waals surface area contributed by atoms with E-state index in [4.69, 9.17) is 0 Å². The molecule has 0 fully saturated rings. The molecule has 0 bridgehead atoms. The van der Waals surface area contributed by atoms with Crippen molar-refractivity contribution in [2.45, 2.75) is 18.6 Å². The van der Waals surface area contributed by atoms with E-state index < -0.39 is 16.0 Å². The molecule has 1 aliphatic heterocycles. The number of para-hydroxylation sites is 1. The van der Waals surface area contributed by atoms with Crippen LogP contribution in [0.15, 0.2) is 48.5 Å². The van der Waals surface area contributed by atoms with Gasteiger partial charge in [-0.15, -0.1) is 0 Å². The van der Waals surface area contributed by atoms with Crippen molar-refractivity contribution in [1.82, 2.24) is 4.72 Å². The minimum absolute atomic E-state index is 0.110. The first-order valence-electron chi connectivity index (χ1n) is 8.96. The van der Waals surface area contributed by atoms with E-state index in [0.717, 1.165) is 25.9 Å². The van der Waals surface area contributed by atoms with Gasteiger partial charge in [0, 0.05) is 25.3 Å². The molecule has 0 saturated carbocycles. The number of carbonyl (C=O) groups is 1. The van der Waals surface area contributed by atoms with Crippen molar-refractivity contribution in [3.8, 4) is 0 Å². The molecule has 2 aromatic rings. The summed E-state index contributed by atoms with van der Waals surface area (Å²) in [5, 5.41) is 0. The van der Waals surface area contributed by atoms with Crippen LogP contribution in [0.3, 0.4) is 0 Å². The van der Waals surface area contributed by atoms with Gasteiger partial charge in [0.1, 0.15) is 0 Å². The van der Waals surface area contributed by atoms with Gasteiger partial charge in [0.25, 0.3) is 0 Å². The van der Waals surface area contributed by atoms with Gasteiger partial charge in [-0.05, 0) is 42.2 Å². The molecule has 27 heavy (non-hydrogen) atoms. The smallest absolute Gasteiger partial charge is 0.337 e. The normalized spacial score (nSPS) is 13.4. The first-order chi connectivity index (χ1) is 13.0. The number of sulfonamides is 1. The van der Waals surface area contributed by atoms with Gasteiger partial charge in [0.2, 0.25) is 10.0 Å². The van der Waals surface area contributed by atoms with Crippen molar-refractivity contribution in [3.05, 3.63) is 65.2 Å². The van der Waals surface area contributed by atoms with Gasteiger partial charge >= 0.3 is 5.97 Å². The van der Waals surface area contributed by atoms with E-state index in [-0.39, 0.29) is 5.75 Å². The van der Waals surface area contributed by atoms with Crippen LogP contribution in [0.5, 0.6) is 0 Å². The van der Waals surface area contributed by atoms with E-state index in [1.165, 1.54) is 18.4 Å². The lowest BCUT2D eigenvalue weighted by molar-refractivity contribution is 0.0600. The molecule has 1 heterocycles. The highest BCUT2D eigenvalue weighted by atomic mass is 32.2. The Morgan fingerprint density at radius 1 is 1.15 bits per heavy atom. The average molecular weight is 388 g/mol. The van der Waals surface area contributed by atoms with Crippen molar-refractivity contribution in [2.24, 2.45) is 0 Å². The molecular formula is C20H24N2O4S. The molecule has 0 unspecified atom stereocenters. The summed E-state index contributed by atoms with van der Waals surface area (Å²) in [5.41, 5.74) is 3.64. The van der Waals surface area contributed by atoms with Crippen LogP contribution in [0.4, 0.5) is 5.69 Å². The van der Waals surface area contributed by atoms with Gasteiger partial charge in [0.15, 0.2) is 0 Å². The largest absolute Gasteiger partial charge is 0.465 e. The van der Waals surface area contributed by atoms with Crippen molar-refractivity contribution < 1.29 is 17.9 Å². The number of anilines is 1. The second kappa shape index (κ2) is 8.54. The number of fused-ring (bicyclic) bond motifs is 1. The number of esters is 1. The molecule has 6 nitrogen and oxygen atoms in total. The van der Waals surface area contributed by atoms with Crippen LogP contribution in [0, 0.1) is 0 Å². The maximum atomic E-state index is 12.3. The summed E-state index contributed by atoms with van der Waals surface area (Å²) < 4.78 is 31.8. The van der Waals surface area contributed by atoms with E-state index in [9.17, 15) is 13.2 Å². The quantitative estimate of drug-likeness (QED) is 0.555. The lowest BCUT2D eigenvalue weighted by Crippen LogP contribution is -2.30. The molecule has 144 valence electrons. The van der Waals surface area contributed by atoms with Crippen molar-refractivity contribution in [2.75, 3.05) is 31.6 Å². The second-order valence-electron chi connectivity index (χ2n) is 6.56. The fraction of sp³-hybridized carbons (Fsp3) is 0.350. The predicted octanol–water partition coefficient (Wildman–Crippen LogP) is 2.35. The van der Waals surface area contributed by atoms with E-state index in [2.05, 4.69) is 26.5 Å². The molecule has 0 atom stereocenters. The van der Waals surface area contributed by atoms with Crippen LogP contribution in [0.25, 0.3) is 0 Å². The van der Waals surface area contributed by atoms with Crippen LogP contribution in [0.1, 0.15) is 27.9 Å². The fourth-order valence-electron chi connectivity index (χ4n) is 3.26. The van der Waals surface area contributed by atoms with Crippen LogP contribution >= 0.6 is 0 Å². The SMILES string of the molecule is COC(=O)c1ccc(CS(=O)(=O)NCCCN2CCc3ccccc32)cc1. The molecule has 1 N–H and O–H groups in total. The Labute approximate surface area is 160 Å². The number of ether oxygens (including phenoxy) is 1. The molecule has 1 aliphatic rings. The number of carbonyl (C=O) groups excluding carboxylic acids is 1. The molecule has 2 aromatic carbocycles. The molecule has 0 radical (unpaired) electrons. The van der Waals surface area contributed by atoms with Gasteiger partial charge in [-0.2, -0.15) is 0 Å². The second-order valence-corrected chi connectivity index (χ2v) is 8.37. The topological polar surface area (TPSA) is 75.7 Å². The molecule has 7 heteroatoms. The highest BCUT2D eigenvalue weighted by molar-refractivity contribution is 7.88. The van der Waals surface area contributed by atoms with E-state index >= 15 is 0 Å². The Morgan fingerprint density at radius 2 is 1.89 bits per heavy atom. The highest BCUT2D eigenvalue weighted by Gasteiger charge is 2.18. The summed E-state index contributed by atoms with van der Waals surface area (Å²) in [4.78, 5) is 13.7. The minimum Gasteiger partial charge on any atom is -0.465 e. The van der Waals surface area contributed by atoms with E-state index in [0.29, 0.717) is 17.7 Å². The molecule has 0 aromatic heterocycles. The third-order valence-corrected chi connectivity index (χ3v) is 6.00. The zero-order chi connectivity index (χ0) is 19.3. The molecule has 0 saturated heterocycles. The van der Waals surface area contributed by atoms with Crippen molar-refractivity contribution in [3.63, 3.8) is 0 Å². The van der Waals surface area contributed by atoms with Gasteiger partial charge in [-0.1, -0.05) is 30.3 Å². The molecule has 0 amide bonds. The number of hydrogen-bond acceptors (Lipinski definition) is 5. The summed E-state index contributed by atoms with van der Waals surface area (Å²) in [6, 6.07) is 14.7. The summed E-state index contributed by atoms with van der Waals surface area (Å²) in [7, 11) is -2.10. The first kappa shape index (κ1) is 19.4. The van der Waals surface area contributed by atoms with Crippen LogP contribution in [-0.2, 0) is 26.9 Å². The Bertz CT molecular complexity index is 894. The molecule has 0 spiro atoms. The summed E-state index contributed by atoms with van der Waals surface area (Å²) in [5.74, 6) is -0.549. The monoisotopic (exact) mass is 388 g/mol. The number of methoxy groups -OCH3 is 1. The molecule has 0 aliphatic carbocycles. The number of nitrogens with zero attached hydrogens (tertiary/aromatic N) is 1. The predicted molar refractivity (Wildman–Crippen MR) is 105 cm³/mol. The fourth-order valence-corrected chi connectivity index (χ4v) is 4.45. The van der Waals surface area contributed by atoms with Gasteiger partial charge in [-0.25, -0.2) is 17.9 Å². The lowest BCUT2D eigenvalue weighted by atomic mass is 10.1. The van der Waals surface area contributed by atoms with Gasteiger partial charge < -0.3 is 9.64 Å². The maximum absolute atomic E-state index is 12.3. The standard InChI is InChI=1S/C20H24N2O4S/c1-26-20(23)18-9-7-16(8-10-18)15-27(24,25)21-12-4-13-22-14-11-17-5-2-3-6-19(17)22/h2-3,5-10,21H,4,11-15H2,1H3. The lowest BCUT2D eigenvalue weighted by Gasteiger charge is -2.19. The third kappa shape index (κ3) is 5.08. The zero-order valence-electron chi connectivity index (χ0n) is 15.3. The maximum Gasteiger partial charge on any atom is 0.337 e. The van der Waals surface area contributed by atoms with Crippen LogP contribution in [-0.4, -0.2) is 41.1 Å². The Morgan fingerprint density at radius 3 is 2.63 bits per heavy atom. The molecular weight excluding hydrogens is 364 g/mol. The minimum atomic E-state index is -3.41. The van der Waals surface area contributed by atoms with Gasteiger partial charge in [0.05, 0.1) is 18.4 Å². The van der Waals surface area contributed by atoms with E-state index in [1.807, 2.05) is 12.1 Å². The summed E-state index contributed by atoms with van der Waals surface area (Å²) in [6.07, 6.45) is 1.79. The number of hydrogen-bond donors (Lipinski definition) is 1. The van der Waals surface area contributed by atoms with Gasteiger partial charge in [-0.3, -0.25) is 0 Å². The third-order valence-electron chi connectivity index (χ3n) is 4.64. The highest BCUT2D eigenvalue weighted by Crippen LogP contribution is 2.27. The summed E-state index contributed by atoms with van der Waals surface area (Å²) >= 11 is 0. The Hall–Kier alpha value is -2.38. The summed E-state index contributed by atoms with van der Waals surface area (Å²) in [6.45, 7) is 2.22. The van der Waals surface area contributed by atoms with Crippen molar-refractivity contribution >= 4 is 21.7 Å². The number of rotatable bonds is 8. The first-order valence-corrected chi connectivity index (χ1v) is 10.6. The number of nitrogens with one attached hydrogen (secondary N) is 1. The average Bonchev–Trinajstić information content (AvgIpc) is 3.08. The zero-order valence-corrected chi connectivity index (χ0v) is 16.2.